The van der Waals surface area contributed by atoms with Crippen molar-refractivity contribution in [3.8, 4) is 0 Å². The topological polar surface area (TPSA) is 29.5 Å². The van der Waals surface area contributed by atoms with E-state index in [1.165, 1.54) is 4.88 Å². The molecule has 1 aromatic rings. The number of halogens is 1. The van der Waals surface area contributed by atoms with E-state index in [9.17, 15) is 4.79 Å². The first-order valence-corrected chi connectivity index (χ1v) is 8.43. The Morgan fingerprint density at radius 1 is 1.60 bits per heavy atom. The van der Waals surface area contributed by atoms with Gasteiger partial charge in [0.1, 0.15) is 0 Å². The second kappa shape index (κ2) is 6.92. The summed E-state index contributed by atoms with van der Waals surface area (Å²) in [5, 5.41) is 2.04. The molecule has 0 aromatic carbocycles. The molecule has 1 amide bonds. The summed E-state index contributed by atoms with van der Waals surface area (Å²) in [6.45, 7) is 5.93. The van der Waals surface area contributed by atoms with Crippen LogP contribution in [0.15, 0.2) is 17.5 Å². The third-order valence-corrected chi connectivity index (χ3v) is 5.10. The highest BCUT2D eigenvalue weighted by Crippen LogP contribution is 2.25. The zero-order chi connectivity index (χ0) is 14.6. The summed E-state index contributed by atoms with van der Waals surface area (Å²) in [5.74, 6) is 0.439. The van der Waals surface area contributed by atoms with Gasteiger partial charge in [0.2, 0.25) is 5.91 Å². The zero-order valence-corrected chi connectivity index (χ0v) is 13.7. The fourth-order valence-electron chi connectivity index (χ4n) is 2.33. The molecule has 20 heavy (non-hydrogen) atoms. The molecular weight excluding hydrogens is 294 g/mol. The normalized spacial score (nSPS) is 19.2. The Balaban J connectivity index is 2.08. The number of hydrogen-bond donors (Lipinski definition) is 0. The average molecular weight is 316 g/mol. The molecule has 0 bridgehead atoms. The van der Waals surface area contributed by atoms with Crippen molar-refractivity contribution in [1.82, 2.24) is 4.90 Å². The largest absolute Gasteiger partial charge is 0.376 e. The van der Waals surface area contributed by atoms with Crippen molar-refractivity contribution >= 4 is 28.8 Å². The molecule has 112 valence electrons. The molecule has 1 fully saturated rings. The molecule has 0 saturated carbocycles. The molecule has 0 radical (unpaired) electrons. The summed E-state index contributed by atoms with van der Waals surface area (Å²) < 4.78 is 5.68. The van der Waals surface area contributed by atoms with Crippen LogP contribution < -0.4 is 0 Å². The first-order valence-electron chi connectivity index (χ1n) is 7.02. The minimum absolute atomic E-state index is 0.108. The molecule has 1 aliphatic heterocycles. The van der Waals surface area contributed by atoms with Crippen LogP contribution >= 0.6 is 22.9 Å². The molecule has 1 atom stereocenters. The molecule has 1 saturated heterocycles. The van der Waals surface area contributed by atoms with Crippen molar-refractivity contribution < 1.29 is 9.53 Å². The molecular formula is C15H22ClNO2S. The average Bonchev–Trinajstić information content (AvgIpc) is 3.10. The van der Waals surface area contributed by atoms with Gasteiger partial charge in [0.05, 0.1) is 18.1 Å². The van der Waals surface area contributed by atoms with E-state index in [-0.39, 0.29) is 12.0 Å². The predicted molar refractivity (Wildman–Crippen MR) is 83.2 cm³/mol. The second-order valence-corrected chi connectivity index (χ2v) is 7.22. The van der Waals surface area contributed by atoms with E-state index in [0.717, 1.165) is 19.4 Å². The fraction of sp³-hybridized carbons (Fsp3) is 0.667. The molecule has 2 rings (SSSR count). The molecule has 1 aliphatic rings. The van der Waals surface area contributed by atoms with Crippen LogP contribution in [-0.2, 0) is 16.1 Å². The Morgan fingerprint density at radius 3 is 2.95 bits per heavy atom. The summed E-state index contributed by atoms with van der Waals surface area (Å²) in [6, 6.07) is 4.08. The molecule has 0 N–H and O–H groups in total. The number of thiophene rings is 1. The number of alkyl halides is 1. The lowest BCUT2D eigenvalue weighted by atomic mass is 9.94. The summed E-state index contributed by atoms with van der Waals surface area (Å²) in [4.78, 5) is 15.8. The van der Waals surface area contributed by atoms with Crippen LogP contribution in [0.2, 0.25) is 0 Å². The Bertz CT molecular complexity index is 427. The van der Waals surface area contributed by atoms with Gasteiger partial charge in [-0.05, 0) is 38.1 Å². The van der Waals surface area contributed by atoms with Gasteiger partial charge in [0.15, 0.2) is 0 Å². The van der Waals surface area contributed by atoms with Crippen molar-refractivity contribution in [2.75, 3.05) is 19.0 Å². The maximum Gasteiger partial charge on any atom is 0.229 e. The SMILES string of the molecule is CC(C)(CCl)C(=O)N(Cc1cccs1)CC1CCCO1. The van der Waals surface area contributed by atoms with E-state index in [4.69, 9.17) is 16.3 Å². The van der Waals surface area contributed by atoms with Crippen molar-refractivity contribution in [1.29, 1.82) is 0 Å². The Labute approximate surface area is 129 Å². The van der Waals surface area contributed by atoms with E-state index in [1.807, 2.05) is 30.2 Å². The Hall–Kier alpha value is -0.580. The lowest BCUT2D eigenvalue weighted by Gasteiger charge is -2.32. The van der Waals surface area contributed by atoms with Gasteiger partial charge < -0.3 is 9.64 Å². The van der Waals surface area contributed by atoms with Crippen LogP contribution in [0.25, 0.3) is 0 Å². The van der Waals surface area contributed by atoms with Crippen LogP contribution in [-0.4, -0.2) is 35.9 Å². The summed E-state index contributed by atoms with van der Waals surface area (Å²) in [5.41, 5.74) is -0.530. The van der Waals surface area contributed by atoms with Crippen molar-refractivity contribution in [2.24, 2.45) is 5.41 Å². The predicted octanol–water partition coefficient (Wildman–Crippen LogP) is 3.52. The van der Waals surface area contributed by atoms with Gasteiger partial charge in [-0.1, -0.05) is 6.07 Å². The molecule has 2 heterocycles. The third-order valence-electron chi connectivity index (χ3n) is 3.58. The molecule has 1 aromatic heterocycles. The summed E-state index contributed by atoms with van der Waals surface area (Å²) >= 11 is 7.63. The van der Waals surface area contributed by atoms with Crippen LogP contribution in [0.4, 0.5) is 0 Å². The van der Waals surface area contributed by atoms with Crippen LogP contribution in [0.5, 0.6) is 0 Å². The second-order valence-electron chi connectivity index (χ2n) is 5.92. The van der Waals surface area contributed by atoms with Gasteiger partial charge in [0.25, 0.3) is 0 Å². The molecule has 5 heteroatoms. The third kappa shape index (κ3) is 3.96. The quantitative estimate of drug-likeness (QED) is 0.752. The number of ether oxygens (including phenoxy) is 1. The van der Waals surface area contributed by atoms with Crippen molar-refractivity contribution in [2.45, 2.75) is 39.3 Å². The number of nitrogens with zero attached hydrogens (tertiary/aromatic N) is 1. The number of rotatable bonds is 6. The summed E-state index contributed by atoms with van der Waals surface area (Å²) in [7, 11) is 0. The molecule has 1 unspecified atom stereocenters. The van der Waals surface area contributed by atoms with Gasteiger partial charge in [-0.25, -0.2) is 0 Å². The van der Waals surface area contributed by atoms with Gasteiger partial charge in [-0.2, -0.15) is 0 Å². The highest BCUT2D eigenvalue weighted by atomic mass is 35.5. The van der Waals surface area contributed by atoms with E-state index in [1.54, 1.807) is 11.3 Å². The van der Waals surface area contributed by atoms with E-state index in [0.29, 0.717) is 19.0 Å². The van der Waals surface area contributed by atoms with E-state index in [2.05, 4.69) is 6.07 Å². The molecule has 0 spiro atoms. The van der Waals surface area contributed by atoms with E-state index >= 15 is 0 Å². The Kier molecular flexibility index (Phi) is 5.47. The van der Waals surface area contributed by atoms with Crippen molar-refractivity contribution in [3.05, 3.63) is 22.4 Å². The van der Waals surface area contributed by atoms with Gasteiger partial charge in [-0.3, -0.25) is 4.79 Å². The minimum Gasteiger partial charge on any atom is -0.376 e. The molecule has 0 aliphatic carbocycles. The van der Waals surface area contributed by atoms with E-state index < -0.39 is 5.41 Å². The fourth-order valence-corrected chi connectivity index (χ4v) is 3.16. The first-order chi connectivity index (χ1) is 9.53. The summed E-state index contributed by atoms with van der Waals surface area (Å²) in [6.07, 6.45) is 2.30. The van der Waals surface area contributed by atoms with Gasteiger partial charge >= 0.3 is 0 Å². The Morgan fingerprint density at radius 2 is 2.40 bits per heavy atom. The highest BCUT2D eigenvalue weighted by molar-refractivity contribution is 7.09. The van der Waals surface area contributed by atoms with Crippen LogP contribution in [0, 0.1) is 5.41 Å². The number of carbonyl (C=O) groups is 1. The maximum atomic E-state index is 12.7. The monoisotopic (exact) mass is 315 g/mol. The lowest BCUT2D eigenvalue weighted by molar-refractivity contribution is -0.141. The standard InChI is InChI=1S/C15H22ClNO2S/c1-15(2,11-16)14(18)17(9-12-5-3-7-19-12)10-13-6-4-8-20-13/h4,6,8,12H,3,5,7,9-11H2,1-2H3. The first kappa shape index (κ1) is 15.8. The lowest BCUT2D eigenvalue weighted by Crippen LogP contribution is -2.44. The van der Waals surface area contributed by atoms with Crippen LogP contribution in [0.3, 0.4) is 0 Å². The number of amides is 1. The zero-order valence-electron chi connectivity index (χ0n) is 12.1. The smallest absolute Gasteiger partial charge is 0.229 e. The van der Waals surface area contributed by atoms with Crippen molar-refractivity contribution in [3.63, 3.8) is 0 Å². The van der Waals surface area contributed by atoms with Gasteiger partial charge in [0, 0.05) is 23.9 Å². The number of carbonyl (C=O) groups excluding carboxylic acids is 1. The van der Waals surface area contributed by atoms with Crippen LogP contribution in [0.1, 0.15) is 31.6 Å². The maximum absolute atomic E-state index is 12.7. The van der Waals surface area contributed by atoms with Gasteiger partial charge in [-0.15, -0.1) is 22.9 Å². The highest BCUT2D eigenvalue weighted by Gasteiger charge is 2.33. The minimum atomic E-state index is -0.530. The number of hydrogen-bond acceptors (Lipinski definition) is 3. The molecule has 3 nitrogen and oxygen atoms in total.